The lowest BCUT2D eigenvalue weighted by atomic mass is 10.0. The van der Waals surface area contributed by atoms with E-state index >= 15 is 0 Å². The predicted molar refractivity (Wildman–Crippen MR) is 131 cm³/mol. The Labute approximate surface area is 203 Å². The van der Waals surface area contributed by atoms with E-state index in [2.05, 4.69) is 20.1 Å². The van der Waals surface area contributed by atoms with Gasteiger partial charge in [0.1, 0.15) is 0 Å². The van der Waals surface area contributed by atoms with Crippen LogP contribution in [0.5, 0.6) is 0 Å². The van der Waals surface area contributed by atoms with Gasteiger partial charge in [0.25, 0.3) is 0 Å². The third-order valence-electron chi connectivity index (χ3n) is 5.91. The fourth-order valence-electron chi connectivity index (χ4n) is 4.21. The lowest BCUT2D eigenvalue weighted by Crippen LogP contribution is -2.42. The quantitative estimate of drug-likeness (QED) is 0.428. The van der Waals surface area contributed by atoms with E-state index in [1.54, 1.807) is 0 Å². The highest BCUT2D eigenvalue weighted by Gasteiger charge is 2.26. The van der Waals surface area contributed by atoms with Crippen LogP contribution in [0, 0.1) is 0 Å². The number of carbonyl (C=O) groups is 2. The Morgan fingerprint density at radius 2 is 1.79 bits per heavy atom. The summed E-state index contributed by atoms with van der Waals surface area (Å²) in [7, 11) is 0. The number of amides is 1. The van der Waals surface area contributed by atoms with Gasteiger partial charge in [-0.1, -0.05) is 78.7 Å². The van der Waals surface area contributed by atoms with E-state index < -0.39 is 6.04 Å². The summed E-state index contributed by atoms with van der Waals surface area (Å²) in [6, 6.07) is 17.1. The molecule has 8 heteroatoms. The molecule has 0 radical (unpaired) electrons. The van der Waals surface area contributed by atoms with E-state index in [0.717, 1.165) is 42.6 Å². The van der Waals surface area contributed by atoms with Gasteiger partial charge in [0.2, 0.25) is 5.91 Å². The molecule has 1 fully saturated rings. The van der Waals surface area contributed by atoms with Gasteiger partial charge in [-0.3, -0.25) is 14.2 Å². The third kappa shape index (κ3) is 5.84. The average molecular weight is 483 g/mol. The molecule has 1 N–H and O–H groups in total. The van der Waals surface area contributed by atoms with Crippen molar-refractivity contribution >= 4 is 35.1 Å². The van der Waals surface area contributed by atoms with Crippen LogP contribution in [0.4, 0.5) is 0 Å². The minimum Gasteiger partial charge on any atom is -0.345 e. The van der Waals surface area contributed by atoms with Crippen LogP contribution in [0.3, 0.4) is 0 Å². The van der Waals surface area contributed by atoms with Crippen LogP contribution in [-0.2, 0) is 16.0 Å². The number of hydrogen-bond acceptors (Lipinski definition) is 5. The van der Waals surface area contributed by atoms with Crippen molar-refractivity contribution in [2.75, 3.05) is 5.75 Å². The first-order valence-electron chi connectivity index (χ1n) is 11.2. The Bertz CT molecular complexity index is 1110. The van der Waals surface area contributed by atoms with E-state index in [4.69, 9.17) is 11.6 Å². The number of rotatable bonds is 9. The number of halogens is 1. The van der Waals surface area contributed by atoms with E-state index in [0.29, 0.717) is 22.6 Å². The Morgan fingerprint density at radius 3 is 2.48 bits per heavy atom. The van der Waals surface area contributed by atoms with Crippen molar-refractivity contribution in [2.45, 2.75) is 56.3 Å². The molecule has 1 amide bonds. The minimum atomic E-state index is -0.549. The van der Waals surface area contributed by atoms with Gasteiger partial charge in [-0.25, -0.2) is 0 Å². The Hall–Kier alpha value is -2.64. The molecule has 1 heterocycles. The number of ketones is 1. The van der Waals surface area contributed by atoms with Crippen LogP contribution in [0.2, 0.25) is 5.02 Å². The molecule has 1 atom stereocenters. The molecule has 0 spiro atoms. The van der Waals surface area contributed by atoms with Crippen molar-refractivity contribution in [1.29, 1.82) is 0 Å². The maximum atomic E-state index is 12.7. The molecule has 1 saturated carbocycles. The topological polar surface area (TPSA) is 76.9 Å². The maximum Gasteiger partial charge on any atom is 0.231 e. The first-order valence-corrected chi connectivity index (χ1v) is 12.6. The number of carbonyl (C=O) groups excluding carboxylic acids is 2. The van der Waals surface area contributed by atoms with Crippen LogP contribution >= 0.6 is 23.4 Å². The number of hydrogen-bond donors (Lipinski definition) is 1. The molecule has 1 aliphatic carbocycles. The molecule has 4 rings (SSSR count). The van der Waals surface area contributed by atoms with Crippen molar-refractivity contribution in [3.8, 4) is 11.4 Å². The molecule has 1 unspecified atom stereocenters. The lowest BCUT2D eigenvalue weighted by Gasteiger charge is -2.18. The van der Waals surface area contributed by atoms with Gasteiger partial charge in [-0.2, -0.15) is 0 Å². The molecule has 3 aromatic rings. The van der Waals surface area contributed by atoms with Crippen LogP contribution in [0.25, 0.3) is 11.4 Å². The molecule has 172 valence electrons. The van der Waals surface area contributed by atoms with E-state index in [9.17, 15) is 9.59 Å². The first-order chi connectivity index (χ1) is 16.0. The minimum absolute atomic E-state index is 0.0627. The van der Waals surface area contributed by atoms with Crippen molar-refractivity contribution < 1.29 is 9.59 Å². The van der Waals surface area contributed by atoms with Crippen molar-refractivity contribution in [3.63, 3.8) is 0 Å². The molecular formula is C25H27ClN4O2S. The largest absolute Gasteiger partial charge is 0.345 e. The van der Waals surface area contributed by atoms with Crippen LogP contribution in [0.15, 0.2) is 59.8 Å². The summed E-state index contributed by atoms with van der Waals surface area (Å²) in [5.41, 5.74) is 1.85. The second-order valence-electron chi connectivity index (χ2n) is 8.30. The van der Waals surface area contributed by atoms with E-state index in [-0.39, 0.29) is 17.4 Å². The number of benzene rings is 2. The van der Waals surface area contributed by atoms with E-state index in [1.165, 1.54) is 18.7 Å². The van der Waals surface area contributed by atoms with E-state index in [1.807, 2.05) is 54.6 Å². The number of Topliss-reactive ketones (excluding diaryl/α,β-unsaturated/α-hetero) is 1. The Balaban J connectivity index is 1.48. The zero-order chi connectivity index (χ0) is 23.2. The summed E-state index contributed by atoms with van der Waals surface area (Å²) in [4.78, 5) is 24.8. The van der Waals surface area contributed by atoms with Crippen molar-refractivity contribution in [2.24, 2.45) is 0 Å². The first kappa shape index (κ1) is 23.5. The van der Waals surface area contributed by atoms with Crippen LogP contribution < -0.4 is 5.32 Å². The van der Waals surface area contributed by atoms with Crippen molar-refractivity contribution in [1.82, 2.24) is 20.1 Å². The summed E-state index contributed by atoms with van der Waals surface area (Å²) in [5, 5.41) is 13.1. The number of nitrogens with one attached hydrogen (secondary N) is 1. The SMILES string of the molecule is CC(=O)C(Cc1ccccc1)NC(=O)CSc1nnc(-c2ccccc2Cl)n1C1CCCC1. The van der Waals surface area contributed by atoms with Crippen LogP contribution in [0.1, 0.15) is 44.2 Å². The van der Waals surface area contributed by atoms with Gasteiger partial charge in [-0.05, 0) is 43.9 Å². The highest BCUT2D eigenvalue weighted by molar-refractivity contribution is 7.99. The fraction of sp³-hybridized carbons (Fsp3) is 0.360. The zero-order valence-corrected chi connectivity index (χ0v) is 20.1. The zero-order valence-electron chi connectivity index (χ0n) is 18.5. The molecule has 6 nitrogen and oxygen atoms in total. The van der Waals surface area contributed by atoms with Gasteiger partial charge < -0.3 is 5.32 Å². The van der Waals surface area contributed by atoms with Gasteiger partial charge in [-0.15, -0.1) is 10.2 Å². The Kier molecular flexibility index (Phi) is 7.83. The highest BCUT2D eigenvalue weighted by atomic mass is 35.5. The second kappa shape index (κ2) is 11.0. The van der Waals surface area contributed by atoms with Gasteiger partial charge in [0.15, 0.2) is 16.8 Å². The smallest absolute Gasteiger partial charge is 0.231 e. The number of aromatic nitrogens is 3. The van der Waals surface area contributed by atoms with Crippen LogP contribution in [-0.4, -0.2) is 38.2 Å². The maximum absolute atomic E-state index is 12.7. The average Bonchev–Trinajstić information content (AvgIpc) is 3.48. The van der Waals surface area contributed by atoms with Gasteiger partial charge >= 0.3 is 0 Å². The molecule has 0 aliphatic heterocycles. The highest BCUT2D eigenvalue weighted by Crippen LogP contribution is 2.38. The normalized spacial score (nSPS) is 14.8. The lowest BCUT2D eigenvalue weighted by molar-refractivity contribution is -0.125. The summed E-state index contributed by atoms with van der Waals surface area (Å²) in [6.45, 7) is 1.51. The molecule has 33 heavy (non-hydrogen) atoms. The van der Waals surface area contributed by atoms with Crippen molar-refractivity contribution in [3.05, 3.63) is 65.2 Å². The Morgan fingerprint density at radius 1 is 1.09 bits per heavy atom. The molecule has 0 saturated heterocycles. The molecular weight excluding hydrogens is 456 g/mol. The standard InChI is InChI=1S/C25H27ClN4O2S/c1-17(31)22(15-18-9-3-2-4-10-18)27-23(32)16-33-25-29-28-24(20-13-7-8-14-21(20)26)30(25)19-11-5-6-12-19/h2-4,7-10,13-14,19,22H,5-6,11-12,15-16H2,1H3,(H,27,32). The summed E-state index contributed by atoms with van der Waals surface area (Å²) in [6.07, 6.45) is 4.91. The van der Waals surface area contributed by atoms with Gasteiger partial charge in [0.05, 0.1) is 16.8 Å². The second-order valence-corrected chi connectivity index (χ2v) is 9.65. The summed E-state index contributed by atoms with van der Waals surface area (Å²) < 4.78 is 2.14. The third-order valence-corrected chi connectivity index (χ3v) is 7.18. The number of thioether (sulfide) groups is 1. The summed E-state index contributed by atoms with van der Waals surface area (Å²) >= 11 is 7.79. The predicted octanol–water partition coefficient (Wildman–Crippen LogP) is 5.12. The molecule has 0 bridgehead atoms. The number of nitrogens with zero attached hydrogens (tertiary/aromatic N) is 3. The van der Waals surface area contributed by atoms with Gasteiger partial charge in [0, 0.05) is 11.6 Å². The molecule has 1 aliphatic rings. The molecule has 2 aromatic carbocycles. The molecule has 1 aromatic heterocycles. The monoisotopic (exact) mass is 482 g/mol. The fourth-order valence-corrected chi connectivity index (χ4v) is 5.24. The summed E-state index contributed by atoms with van der Waals surface area (Å²) in [5.74, 6) is 0.635.